The molecule has 0 amide bonds. The highest BCUT2D eigenvalue weighted by Crippen LogP contribution is 2.30. The molecule has 0 saturated heterocycles. The van der Waals surface area contributed by atoms with Crippen LogP contribution in [0.25, 0.3) is 11.1 Å². The van der Waals surface area contributed by atoms with Crippen molar-refractivity contribution in [3.05, 3.63) is 58.7 Å². The summed E-state index contributed by atoms with van der Waals surface area (Å²) in [5.74, 6) is -8.77. The van der Waals surface area contributed by atoms with Gasteiger partial charge in [0.05, 0.1) is 0 Å². The Kier molecular flexibility index (Phi) is 3.74. The Hall–Kier alpha value is -1.98. The van der Waals surface area contributed by atoms with E-state index in [9.17, 15) is 26.3 Å². The lowest BCUT2D eigenvalue weighted by atomic mass is 10.0. The predicted octanol–water partition coefficient (Wildman–Crippen LogP) is 4.75. The molecule has 0 fully saturated rings. The van der Waals surface area contributed by atoms with Crippen LogP contribution in [0, 0.1) is 34.9 Å². The van der Waals surface area contributed by atoms with E-state index in [0.29, 0.717) is 18.2 Å². The monoisotopic (exact) mass is 290 g/mol. The second-order valence-corrected chi connectivity index (χ2v) is 4.12. The van der Waals surface area contributed by atoms with Gasteiger partial charge in [-0.1, -0.05) is 6.92 Å². The summed E-state index contributed by atoms with van der Waals surface area (Å²) in [6, 6.07) is 1.58. The largest absolute Gasteiger partial charge is 0.207 e. The molecule has 0 saturated carbocycles. The van der Waals surface area contributed by atoms with Crippen LogP contribution in [0.2, 0.25) is 0 Å². The van der Waals surface area contributed by atoms with Gasteiger partial charge in [0.2, 0.25) is 0 Å². The van der Waals surface area contributed by atoms with Gasteiger partial charge < -0.3 is 0 Å². The van der Waals surface area contributed by atoms with Gasteiger partial charge in [0.1, 0.15) is 5.82 Å². The Labute approximate surface area is 110 Å². The van der Waals surface area contributed by atoms with Gasteiger partial charge in [-0.3, -0.25) is 0 Å². The lowest BCUT2D eigenvalue weighted by Gasteiger charge is -2.10. The molecule has 106 valence electrons. The number of halogens is 6. The van der Waals surface area contributed by atoms with Crippen LogP contribution in [0.3, 0.4) is 0 Å². The fourth-order valence-electron chi connectivity index (χ4n) is 1.88. The third kappa shape index (κ3) is 2.26. The van der Waals surface area contributed by atoms with Crippen molar-refractivity contribution in [2.45, 2.75) is 13.3 Å². The first-order valence-electron chi connectivity index (χ1n) is 5.68. The molecule has 6 heteroatoms. The molecular formula is C14H8F6. The van der Waals surface area contributed by atoms with Gasteiger partial charge in [-0.2, -0.15) is 0 Å². The molecule has 2 aromatic rings. The van der Waals surface area contributed by atoms with Crippen molar-refractivity contribution in [3.8, 4) is 11.1 Å². The Morgan fingerprint density at radius 1 is 0.700 bits per heavy atom. The summed E-state index contributed by atoms with van der Waals surface area (Å²) >= 11 is 0. The minimum Gasteiger partial charge on any atom is -0.207 e. The maximum absolute atomic E-state index is 13.8. The van der Waals surface area contributed by atoms with Crippen LogP contribution in [0.1, 0.15) is 12.5 Å². The Bertz CT molecular complexity index is 655. The van der Waals surface area contributed by atoms with E-state index in [1.165, 1.54) is 6.92 Å². The fraction of sp³-hybridized carbons (Fsp3) is 0.143. The summed E-state index contributed by atoms with van der Waals surface area (Å²) in [5.41, 5.74) is -1.62. The molecule has 2 aromatic carbocycles. The maximum atomic E-state index is 13.8. The number of benzene rings is 2. The second kappa shape index (κ2) is 5.19. The van der Waals surface area contributed by atoms with Crippen LogP contribution in [-0.2, 0) is 6.42 Å². The summed E-state index contributed by atoms with van der Waals surface area (Å²) in [6.07, 6.45) is -0.0823. The molecule has 0 aliphatic carbocycles. The molecule has 0 bridgehead atoms. The van der Waals surface area contributed by atoms with Gasteiger partial charge in [0, 0.05) is 11.1 Å². The third-order valence-corrected chi connectivity index (χ3v) is 2.90. The van der Waals surface area contributed by atoms with Crippen LogP contribution in [-0.4, -0.2) is 0 Å². The summed E-state index contributed by atoms with van der Waals surface area (Å²) < 4.78 is 80.0. The molecule has 0 nitrogen and oxygen atoms in total. The fourth-order valence-corrected chi connectivity index (χ4v) is 1.88. The highest BCUT2D eigenvalue weighted by Gasteiger charge is 2.20. The van der Waals surface area contributed by atoms with E-state index >= 15 is 0 Å². The minimum absolute atomic E-state index is 0.0823. The first-order valence-corrected chi connectivity index (χ1v) is 5.68. The van der Waals surface area contributed by atoms with Gasteiger partial charge in [0.25, 0.3) is 0 Å². The molecule has 0 atom stereocenters. The van der Waals surface area contributed by atoms with Crippen LogP contribution in [0.15, 0.2) is 18.2 Å². The van der Waals surface area contributed by atoms with Gasteiger partial charge >= 0.3 is 0 Å². The maximum Gasteiger partial charge on any atom is 0.194 e. The Morgan fingerprint density at radius 2 is 1.25 bits per heavy atom. The van der Waals surface area contributed by atoms with E-state index in [2.05, 4.69) is 0 Å². The van der Waals surface area contributed by atoms with Crippen molar-refractivity contribution < 1.29 is 26.3 Å². The molecular weight excluding hydrogens is 282 g/mol. The number of hydrogen-bond acceptors (Lipinski definition) is 0. The zero-order valence-corrected chi connectivity index (χ0v) is 10.2. The number of hydrogen-bond donors (Lipinski definition) is 0. The Morgan fingerprint density at radius 3 is 1.75 bits per heavy atom. The van der Waals surface area contributed by atoms with Crippen LogP contribution >= 0.6 is 0 Å². The average molecular weight is 290 g/mol. The van der Waals surface area contributed by atoms with Crippen molar-refractivity contribution >= 4 is 0 Å². The summed E-state index contributed by atoms with van der Waals surface area (Å²) in [4.78, 5) is 0. The van der Waals surface area contributed by atoms with Crippen LogP contribution in [0.4, 0.5) is 26.3 Å². The standard InChI is InChI=1S/C14H8F6/c1-2-7-9(15)5-8(13(19)12(7)18)6-3-10(16)14(20)11(17)4-6/h3-5H,2H2,1H3. The summed E-state index contributed by atoms with van der Waals surface area (Å²) in [5, 5.41) is 0. The zero-order chi connectivity index (χ0) is 15.0. The van der Waals surface area contributed by atoms with Crippen molar-refractivity contribution in [2.24, 2.45) is 0 Å². The molecule has 0 radical (unpaired) electrons. The van der Waals surface area contributed by atoms with Crippen molar-refractivity contribution in [2.75, 3.05) is 0 Å². The average Bonchev–Trinajstić information content (AvgIpc) is 2.40. The lowest BCUT2D eigenvalue weighted by Crippen LogP contribution is -2.01. The predicted molar refractivity (Wildman–Crippen MR) is 61.0 cm³/mol. The quantitative estimate of drug-likeness (QED) is 0.425. The third-order valence-electron chi connectivity index (χ3n) is 2.90. The van der Waals surface area contributed by atoms with Gasteiger partial charge in [-0.25, -0.2) is 26.3 Å². The van der Waals surface area contributed by atoms with Gasteiger partial charge in [-0.15, -0.1) is 0 Å². The molecule has 0 unspecified atom stereocenters. The molecule has 2 rings (SSSR count). The first kappa shape index (κ1) is 14.4. The SMILES string of the molecule is CCc1c(F)cc(-c2cc(F)c(F)c(F)c2)c(F)c1F. The minimum atomic E-state index is -1.74. The normalized spacial score (nSPS) is 10.9. The molecule has 0 aromatic heterocycles. The second-order valence-electron chi connectivity index (χ2n) is 4.12. The van der Waals surface area contributed by atoms with Gasteiger partial charge in [0.15, 0.2) is 29.1 Å². The summed E-state index contributed by atoms with van der Waals surface area (Å²) in [7, 11) is 0. The van der Waals surface area contributed by atoms with Crippen molar-refractivity contribution in [1.82, 2.24) is 0 Å². The van der Waals surface area contributed by atoms with Crippen molar-refractivity contribution in [3.63, 3.8) is 0 Å². The topological polar surface area (TPSA) is 0 Å². The lowest BCUT2D eigenvalue weighted by molar-refractivity contribution is 0.447. The highest BCUT2D eigenvalue weighted by molar-refractivity contribution is 5.65. The van der Waals surface area contributed by atoms with E-state index in [0.717, 1.165) is 0 Å². The zero-order valence-electron chi connectivity index (χ0n) is 10.2. The van der Waals surface area contributed by atoms with Crippen LogP contribution in [0.5, 0.6) is 0 Å². The molecule has 20 heavy (non-hydrogen) atoms. The van der Waals surface area contributed by atoms with E-state index in [-0.39, 0.29) is 6.42 Å². The van der Waals surface area contributed by atoms with E-state index in [4.69, 9.17) is 0 Å². The molecule has 0 aliphatic heterocycles. The van der Waals surface area contributed by atoms with Crippen molar-refractivity contribution in [1.29, 1.82) is 0 Å². The molecule has 0 N–H and O–H groups in total. The molecule has 0 heterocycles. The van der Waals surface area contributed by atoms with Gasteiger partial charge in [-0.05, 0) is 30.2 Å². The first-order chi connectivity index (χ1) is 9.36. The van der Waals surface area contributed by atoms with E-state index in [1.54, 1.807) is 0 Å². The van der Waals surface area contributed by atoms with Crippen LogP contribution < -0.4 is 0 Å². The molecule has 0 spiro atoms. The Balaban J connectivity index is 2.71. The smallest absolute Gasteiger partial charge is 0.194 e. The highest BCUT2D eigenvalue weighted by atomic mass is 19.2. The summed E-state index contributed by atoms with van der Waals surface area (Å²) in [6.45, 7) is 1.43. The van der Waals surface area contributed by atoms with E-state index in [1.807, 2.05) is 0 Å². The molecule has 0 aliphatic rings. The van der Waals surface area contributed by atoms with E-state index < -0.39 is 51.6 Å². The number of rotatable bonds is 2.